The van der Waals surface area contributed by atoms with E-state index in [9.17, 15) is 18.7 Å². The van der Waals surface area contributed by atoms with Crippen LogP contribution in [0, 0.1) is 11.6 Å². The molecule has 0 saturated carbocycles. The first-order valence-electron chi connectivity index (χ1n) is 5.82. The van der Waals surface area contributed by atoms with Gasteiger partial charge in [0.2, 0.25) is 0 Å². The summed E-state index contributed by atoms with van der Waals surface area (Å²) in [7, 11) is 0. The van der Waals surface area contributed by atoms with Crippen LogP contribution in [0.15, 0.2) is 48.5 Å². The number of hydrazine groups is 1. The summed E-state index contributed by atoms with van der Waals surface area (Å²) in [6, 6.07) is 11.5. The Morgan fingerprint density at radius 1 is 1.00 bits per heavy atom. The van der Waals surface area contributed by atoms with E-state index in [4.69, 9.17) is 0 Å². The molecule has 0 bridgehead atoms. The average molecular weight is 278 g/mol. The van der Waals surface area contributed by atoms with Crippen LogP contribution in [0.5, 0.6) is 0 Å². The average Bonchev–Trinajstić information content (AvgIpc) is 2.46. The highest BCUT2D eigenvalue weighted by atomic mass is 19.1. The molecule has 0 aliphatic rings. The lowest BCUT2D eigenvalue weighted by Gasteiger charge is -2.14. The molecule has 3 N–H and O–H groups in total. The van der Waals surface area contributed by atoms with Gasteiger partial charge in [-0.25, -0.2) is 8.78 Å². The fourth-order valence-corrected chi connectivity index (χ4v) is 1.60. The zero-order chi connectivity index (χ0) is 14.5. The van der Waals surface area contributed by atoms with Gasteiger partial charge >= 0.3 is 0 Å². The maximum Gasteiger partial charge on any atom is 0.271 e. The van der Waals surface area contributed by atoms with Crippen molar-refractivity contribution in [2.45, 2.75) is 6.10 Å². The molecule has 1 amide bonds. The maximum absolute atomic E-state index is 13.3. The van der Waals surface area contributed by atoms with Crippen LogP contribution in [-0.2, 0) is 4.79 Å². The summed E-state index contributed by atoms with van der Waals surface area (Å²) >= 11 is 0. The van der Waals surface area contributed by atoms with Crippen molar-refractivity contribution in [3.63, 3.8) is 0 Å². The van der Waals surface area contributed by atoms with Gasteiger partial charge in [-0.3, -0.25) is 15.6 Å². The molecule has 0 saturated heterocycles. The molecule has 0 aliphatic heterocycles. The van der Waals surface area contributed by atoms with Crippen LogP contribution >= 0.6 is 0 Å². The van der Waals surface area contributed by atoms with Crippen LogP contribution in [0.1, 0.15) is 11.7 Å². The van der Waals surface area contributed by atoms with E-state index in [0.29, 0.717) is 5.56 Å². The summed E-state index contributed by atoms with van der Waals surface area (Å²) in [5.41, 5.74) is 4.07. The monoisotopic (exact) mass is 278 g/mol. The number of aliphatic hydroxyl groups is 1. The number of hydrogen-bond acceptors (Lipinski definition) is 3. The number of amides is 1. The van der Waals surface area contributed by atoms with Crippen molar-refractivity contribution in [1.29, 1.82) is 0 Å². The van der Waals surface area contributed by atoms with E-state index in [1.807, 2.05) is 0 Å². The zero-order valence-electron chi connectivity index (χ0n) is 10.3. The number of nitrogens with one attached hydrogen (secondary N) is 2. The van der Waals surface area contributed by atoms with Gasteiger partial charge in [-0.2, -0.15) is 0 Å². The van der Waals surface area contributed by atoms with E-state index in [-0.39, 0.29) is 0 Å². The van der Waals surface area contributed by atoms with Crippen LogP contribution in [0.4, 0.5) is 14.5 Å². The summed E-state index contributed by atoms with van der Waals surface area (Å²) in [4.78, 5) is 11.7. The third kappa shape index (κ3) is 3.10. The summed E-state index contributed by atoms with van der Waals surface area (Å²) in [6.07, 6.45) is -1.43. The SMILES string of the molecule is O=C(NNc1c(F)cccc1F)C(O)c1ccccc1. The van der Waals surface area contributed by atoms with E-state index in [1.54, 1.807) is 30.3 Å². The van der Waals surface area contributed by atoms with Crippen molar-refractivity contribution in [2.75, 3.05) is 5.43 Å². The summed E-state index contributed by atoms with van der Waals surface area (Å²) < 4.78 is 26.6. The van der Waals surface area contributed by atoms with Gasteiger partial charge in [0.1, 0.15) is 5.69 Å². The summed E-state index contributed by atoms with van der Waals surface area (Å²) in [5.74, 6) is -2.52. The van der Waals surface area contributed by atoms with Crippen LogP contribution in [-0.4, -0.2) is 11.0 Å². The molecule has 0 radical (unpaired) electrons. The highest BCUT2D eigenvalue weighted by molar-refractivity contribution is 5.83. The van der Waals surface area contributed by atoms with Gasteiger partial charge in [0, 0.05) is 0 Å². The van der Waals surface area contributed by atoms with Crippen LogP contribution < -0.4 is 10.9 Å². The number of carbonyl (C=O) groups is 1. The number of para-hydroxylation sites is 1. The molecule has 6 heteroatoms. The van der Waals surface area contributed by atoms with E-state index in [2.05, 4.69) is 10.9 Å². The van der Waals surface area contributed by atoms with Gasteiger partial charge in [-0.15, -0.1) is 0 Å². The molecule has 0 spiro atoms. The van der Waals surface area contributed by atoms with Crippen molar-refractivity contribution in [1.82, 2.24) is 5.43 Å². The Kier molecular flexibility index (Phi) is 4.27. The first-order chi connectivity index (χ1) is 9.59. The minimum atomic E-state index is -1.43. The van der Waals surface area contributed by atoms with Crippen LogP contribution in [0.25, 0.3) is 0 Å². The molecule has 2 aromatic rings. The Bertz CT molecular complexity index is 585. The van der Waals surface area contributed by atoms with Gasteiger partial charge in [-0.1, -0.05) is 36.4 Å². The highest BCUT2D eigenvalue weighted by Gasteiger charge is 2.17. The molecule has 2 rings (SSSR count). The molecule has 0 aromatic heterocycles. The molecule has 2 aromatic carbocycles. The molecule has 0 aliphatic carbocycles. The minimum Gasteiger partial charge on any atom is -0.378 e. The van der Waals surface area contributed by atoms with Gasteiger partial charge in [-0.05, 0) is 17.7 Å². The minimum absolute atomic E-state index is 0.376. The van der Waals surface area contributed by atoms with Gasteiger partial charge in [0.15, 0.2) is 17.7 Å². The highest BCUT2D eigenvalue weighted by Crippen LogP contribution is 2.17. The second-order valence-electron chi connectivity index (χ2n) is 4.02. The number of rotatable bonds is 4. The van der Waals surface area contributed by atoms with Gasteiger partial charge in [0.25, 0.3) is 5.91 Å². The maximum atomic E-state index is 13.3. The predicted octanol–water partition coefficient (Wildman–Crippen LogP) is 2.14. The fourth-order valence-electron chi connectivity index (χ4n) is 1.60. The molecular weight excluding hydrogens is 266 g/mol. The molecule has 1 atom stereocenters. The number of anilines is 1. The standard InChI is InChI=1S/C14H12F2N2O2/c15-10-7-4-8-11(16)12(10)17-18-14(20)13(19)9-5-2-1-3-6-9/h1-8,13,17,19H,(H,18,20). The van der Waals surface area contributed by atoms with Crippen molar-refractivity contribution in [3.8, 4) is 0 Å². The van der Waals surface area contributed by atoms with Gasteiger partial charge in [0.05, 0.1) is 0 Å². The topological polar surface area (TPSA) is 61.4 Å². The van der Waals surface area contributed by atoms with Crippen molar-refractivity contribution >= 4 is 11.6 Å². The zero-order valence-corrected chi connectivity index (χ0v) is 10.3. The third-order valence-corrected chi connectivity index (χ3v) is 2.64. The van der Waals surface area contributed by atoms with Crippen LogP contribution in [0.2, 0.25) is 0 Å². The number of carbonyl (C=O) groups excluding carboxylic acids is 1. The third-order valence-electron chi connectivity index (χ3n) is 2.64. The Hall–Kier alpha value is -2.47. The molecular formula is C14H12F2N2O2. The number of benzene rings is 2. The fraction of sp³-hybridized carbons (Fsp3) is 0.0714. The van der Waals surface area contributed by atoms with E-state index in [0.717, 1.165) is 12.1 Å². The largest absolute Gasteiger partial charge is 0.378 e. The quantitative estimate of drug-likeness (QED) is 0.751. The summed E-state index contributed by atoms with van der Waals surface area (Å²) in [6.45, 7) is 0. The Balaban J connectivity index is 2.02. The molecule has 20 heavy (non-hydrogen) atoms. The first kappa shape index (κ1) is 14.0. The first-order valence-corrected chi connectivity index (χ1v) is 5.82. The normalized spacial score (nSPS) is 11.8. The lowest BCUT2D eigenvalue weighted by molar-refractivity contribution is -0.129. The van der Waals surface area contributed by atoms with Gasteiger partial charge < -0.3 is 5.11 Å². The molecule has 0 heterocycles. The Labute approximate surface area is 114 Å². The van der Waals surface area contributed by atoms with E-state index >= 15 is 0 Å². The van der Waals surface area contributed by atoms with Crippen molar-refractivity contribution in [3.05, 3.63) is 65.7 Å². The molecule has 1 unspecified atom stereocenters. The molecule has 104 valence electrons. The molecule has 4 nitrogen and oxygen atoms in total. The Morgan fingerprint density at radius 2 is 1.60 bits per heavy atom. The second kappa shape index (κ2) is 6.12. The summed E-state index contributed by atoms with van der Waals surface area (Å²) in [5, 5.41) is 9.77. The number of hydrogen-bond donors (Lipinski definition) is 3. The lowest BCUT2D eigenvalue weighted by atomic mass is 10.1. The van der Waals surface area contributed by atoms with E-state index in [1.165, 1.54) is 6.07 Å². The number of halogens is 2. The number of aliphatic hydroxyl groups excluding tert-OH is 1. The Morgan fingerprint density at radius 3 is 2.20 bits per heavy atom. The van der Waals surface area contributed by atoms with Crippen molar-refractivity contribution < 1.29 is 18.7 Å². The molecule has 0 fully saturated rings. The van der Waals surface area contributed by atoms with E-state index < -0.39 is 29.3 Å². The van der Waals surface area contributed by atoms with Crippen LogP contribution in [0.3, 0.4) is 0 Å². The smallest absolute Gasteiger partial charge is 0.271 e. The second-order valence-corrected chi connectivity index (χ2v) is 4.02. The predicted molar refractivity (Wildman–Crippen MR) is 69.5 cm³/mol. The lowest BCUT2D eigenvalue weighted by Crippen LogP contribution is -2.34. The van der Waals surface area contributed by atoms with Crippen molar-refractivity contribution in [2.24, 2.45) is 0 Å².